The monoisotopic (exact) mass is 388 g/mol. The van der Waals surface area contributed by atoms with Gasteiger partial charge in [-0.15, -0.1) is 0 Å². The maximum atomic E-state index is 12.6. The Morgan fingerprint density at radius 2 is 1.70 bits per heavy atom. The van der Waals surface area contributed by atoms with Crippen LogP contribution in [0.25, 0.3) is 0 Å². The number of amides is 1. The number of para-hydroxylation sites is 2. The fourth-order valence-corrected chi connectivity index (χ4v) is 3.77. The fourth-order valence-electron chi connectivity index (χ4n) is 3.44. The number of piperazine rings is 1. The molecule has 1 amide bonds. The highest BCUT2D eigenvalue weighted by molar-refractivity contribution is 6.30. The maximum absolute atomic E-state index is 12.6. The van der Waals surface area contributed by atoms with Crippen LogP contribution in [-0.4, -0.2) is 50.7 Å². The first-order valence-electron chi connectivity index (χ1n) is 9.05. The molecule has 2 aromatic rings. The molecule has 0 N–H and O–H groups in total. The minimum Gasteiger partial charge on any atom is -0.495 e. The van der Waals surface area contributed by atoms with Crippen molar-refractivity contribution in [3.05, 3.63) is 52.5 Å². The van der Waals surface area contributed by atoms with E-state index in [1.165, 1.54) is 0 Å². The SMILES string of the molecule is COc1ccccc1N1CCN(C(=O)COc2c(C)cc(Cl)cc2C)CC1. The van der Waals surface area contributed by atoms with Crippen LogP contribution in [0.1, 0.15) is 11.1 Å². The van der Waals surface area contributed by atoms with Crippen molar-refractivity contribution < 1.29 is 14.3 Å². The highest BCUT2D eigenvalue weighted by Gasteiger charge is 2.23. The number of rotatable bonds is 5. The maximum Gasteiger partial charge on any atom is 0.260 e. The lowest BCUT2D eigenvalue weighted by atomic mass is 10.1. The molecule has 144 valence electrons. The Labute approximate surface area is 165 Å². The predicted octanol–water partition coefficient (Wildman–Crippen LogP) is 3.69. The third-order valence-corrected chi connectivity index (χ3v) is 5.04. The van der Waals surface area contributed by atoms with Crippen LogP contribution in [-0.2, 0) is 4.79 Å². The minimum absolute atomic E-state index is 0.00317. The lowest BCUT2D eigenvalue weighted by Gasteiger charge is -2.36. The summed E-state index contributed by atoms with van der Waals surface area (Å²) < 4.78 is 11.2. The standard InChI is InChI=1S/C21H25ClN2O3/c1-15-12-17(22)13-16(2)21(15)27-14-20(25)24-10-8-23(9-11-24)18-6-4-5-7-19(18)26-3/h4-7,12-13H,8-11,14H2,1-3H3. The van der Waals surface area contributed by atoms with Crippen LogP contribution in [0.2, 0.25) is 5.02 Å². The summed E-state index contributed by atoms with van der Waals surface area (Å²) in [5, 5.41) is 0.677. The highest BCUT2D eigenvalue weighted by Crippen LogP contribution is 2.29. The summed E-state index contributed by atoms with van der Waals surface area (Å²) in [7, 11) is 1.68. The van der Waals surface area contributed by atoms with Crippen molar-refractivity contribution in [3.63, 3.8) is 0 Å². The summed E-state index contributed by atoms with van der Waals surface area (Å²) in [6, 6.07) is 11.7. The Hall–Kier alpha value is -2.40. The predicted molar refractivity (Wildman–Crippen MR) is 108 cm³/mol. The Kier molecular flexibility index (Phi) is 6.11. The Bertz CT molecular complexity index is 794. The number of methoxy groups -OCH3 is 1. The highest BCUT2D eigenvalue weighted by atomic mass is 35.5. The molecular formula is C21H25ClN2O3. The number of carbonyl (C=O) groups excluding carboxylic acids is 1. The average Bonchev–Trinajstić information content (AvgIpc) is 2.67. The zero-order valence-electron chi connectivity index (χ0n) is 16.0. The van der Waals surface area contributed by atoms with E-state index < -0.39 is 0 Å². The van der Waals surface area contributed by atoms with Crippen LogP contribution < -0.4 is 14.4 Å². The molecule has 0 atom stereocenters. The van der Waals surface area contributed by atoms with Crippen molar-refractivity contribution in [2.24, 2.45) is 0 Å². The van der Waals surface area contributed by atoms with Gasteiger partial charge in [-0.3, -0.25) is 4.79 Å². The first kappa shape index (κ1) is 19.4. The normalized spacial score (nSPS) is 14.2. The van der Waals surface area contributed by atoms with E-state index in [4.69, 9.17) is 21.1 Å². The van der Waals surface area contributed by atoms with Gasteiger partial charge in [-0.2, -0.15) is 0 Å². The van der Waals surface area contributed by atoms with Crippen molar-refractivity contribution in [3.8, 4) is 11.5 Å². The summed E-state index contributed by atoms with van der Waals surface area (Å²) >= 11 is 6.05. The average molecular weight is 389 g/mol. The number of anilines is 1. The van der Waals surface area contributed by atoms with Gasteiger partial charge in [-0.25, -0.2) is 0 Å². The largest absolute Gasteiger partial charge is 0.495 e. The molecule has 27 heavy (non-hydrogen) atoms. The van der Waals surface area contributed by atoms with Gasteiger partial charge in [-0.1, -0.05) is 23.7 Å². The molecule has 1 saturated heterocycles. The van der Waals surface area contributed by atoms with Crippen LogP contribution in [0.5, 0.6) is 11.5 Å². The molecule has 1 aliphatic rings. The van der Waals surface area contributed by atoms with Crippen molar-refractivity contribution in [2.75, 3.05) is 44.8 Å². The van der Waals surface area contributed by atoms with Crippen molar-refractivity contribution in [1.29, 1.82) is 0 Å². The summed E-state index contributed by atoms with van der Waals surface area (Å²) in [5.74, 6) is 1.60. The quantitative estimate of drug-likeness (QED) is 0.783. The third kappa shape index (κ3) is 4.48. The lowest BCUT2D eigenvalue weighted by Crippen LogP contribution is -2.50. The molecule has 1 heterocycles. The first-order chi connectivity index (χ1) is 13.0. The Morgan fingerprint density at radius 1 is 1.07 bits per heavy atom. The fraction of sp³-hybridized carbons (Fsp3) is 0.381. The molecule has 0 spiro atoms. The topological polar surface area (TPSA) is 42.0 Å². The second-order valence-electron chi connectivity index (χ2n) is 6.70. The van der Waals surface area contributed by atoms with Crippen molar-refractivity contribution in [2.45, 2.75) is 13.8 Å². The lowest BCUT2D eigenvalue weighted by molar-refractivity contribution is -0.133. The summed E-state index contributed by atoms with van der Waals surface area (Å²) in [6.45, 7) is 6.78. The summed E-state index contributed by atoms with van der Waals surface area (Å²) in [5.41, 5.74) is 2.94. The van der Waals surface area contributed by atoms with Gasteiger partial charge in [0.15, 0.2) is 6.61 Å². The Balaban J connectivity index is 1.56. The molecule has 0 aliphatic carbocycles. The van der Waals surface area contributed by atoms with Gasteiger partial charge >= 0.3 is 0 Å². The Morgan fingerprint density at radius 3 is 2.33 bits per heavy atom. The smallest absolute Gasteiger partial charge is 0.260 e. The number of ether oxygens (including phenoxy) is 2. The molecule has 0 aromatic heterocycles. The van der Waals surface area contributed by atoms with Crippen LogP contribution in [0.3, 0.4) is 0 Å². The summed E-state index contributed by atoms with van der Waals surface area (Å²) in [6.07, 6.45) is 0. The molecular weight excluding hydrogens is 364 g/mol. The number of hydrogen-bond donors (Lipinski definition) is 0. The van der Waals surface area contributed by atoms with E-state index in [0.29, 0.717) is 18.1 Å². The van der Waals surface area contributed by atoms with Crippen LogP contribution in [0.15, 0.2) is 36.4 Å². The number of benzene rings is 2. The van der Waals surface area contributed by atoms with E-state index in [-0.39, 0.29) is 12.5 Å². The van der Waals surface area contributed by atoms with Gasteiger partial charge < -0.3 is 19.3 Å². The van der Waals surface area contributed by atoms with E-state index in [1.807, 2.05) is 55.1 Å². The molecule has 0 saturated carbocycles. The van der Waals surface area contributed by atoms with Gasteiger partial charge in [0.05, 0.1) is 12.8 Å². The number of carbonyl (C=O) groups is 1. The zero-order chi connectivity index (χ0) is 19.4. The third-order valence-electron chi connectivity index (χ3n) is 4.82. The van der Waals surface area contributed by atoms with E-state index in [1.54, 1.807) is 7.11 Å². The van der Waals surface area contributed by atoms with E-state index >= 15 is 0 Å². The molecule has 0 unspecified atom stereocenters. The van der Waals surface area contributed by atoms with Gasteiger partial charge in [0.25, 0.3) is 5.91 Å². The number of halogens is 1. The molecule has 5 nitrogen and oxygen atoms in total. The van der Waals surface area contributed by atoms with Crippen LogP contribution in [0, 0.1) is 13.8 Å². The number of nitrogens with zero attached hydrogens (tertiary/aromatic N) is 2. The number of aryl methyl sites for hydroxylation is 2. The molecule has 0 bridgehead atoms. The second-order valence-corrected chi connectivity index (χ2v) is 7.13. The zero-order valence-corrected chi connectivity index (χ0v) is 16.8. The van der Waals surface area contributed by atoms with Gasteiger partial charge in [0, 0.05) is 31.2 Å². The summed E-state index contributed by atoms with van der Waals surface area (Å²) in [4.78, 5) is 16.7. The number of hydrogen-bond acceptors (Lipinski definition) is 4. The molecule has 1 aliphatic heterocycles. The van der Waals surface area contributed by atoms with Crippen LogP contribution in [0.4, 0.5) is 5.69 Å². The van der Waals surface area contributed by atoms with E-state index in [0.717, 1.165) is 41.4 Å². The van der Waals surface area contributed by atoms with Crippen molar-refractivity contribution >= 4 is 23.2 Å². The molecule has 0 radical (unpaired) electrons. The molecule has 3 rings (SSSR count). The van der Waals surface area contributed by atoms with E-state index in [2.05, 4.69) is 4.90 Å². The van der Waals surface area contributed by atoms with Crippen LogP contribution >= 0.6 is 11.6 Å². The second kappa shape index (κ2) is 8.53. The molecule has 6 heteroatoms. The van der Waals surface area contributed by atoms with Gasteiger partial charge in [0.1, 0.15) is 11.5 Å². The van der Waals surface area contributed by atoms with Gasteiger partial charge in [0.2, 0.25) is 0 Å². The van der Waals surface area contributed by atoms with Crippen molar-refractivity contribution in [1.82, 2.24) is 4.90 Å². The van der Waals surface area contributed by atoms with E-state index in [9.17, 15) is 4.79 Å². The first-order valence-corrected chi connectivity index (χ1v) is 9.42. The van der Waals surface area contributed by atoms with Gasteiger partial charge in [-0.05, 0) is 49.2 Å². The molecule has 2 aromatic carbocycles. The minimum atomic E-state index is 0.00317. The molecule has 1 fully saturated rings.